The molecular weight excluding hydrogens is 183 g/mol. The van der Waals surface area contributed by atoms with Gasteiger partial charge in [-0.05, 0) is 24.6 Å². The predicted octanol–water partition coefficient (Wildman–Crippen LogP) is 2.11. The third kappa shape index (κ3) is 1.67. The lowest BCUT2D eigenvalue weighted by atomic mass is 9.95. The molecule has 0 amide bonds. The van der Waals surface area contributed by atoms with E-state index in [1.165, 1.54) is 12.2 Å². The Kier molecular flexibility index (Phi) is 2.52. The second-order valence-electron chi connectivity index (χ2n) is 2.67. The molecule has 12 heavy (non-hydrogen) atoms. The minimum Gasteiger partial charge on any atom is -0.481 e. The molecule has 0 aromatic heterocycles. The molecule has 0 radical (unpaired) electrons. The molecule has 1 aliphatic carbocycles. The van der Waals surface area contributed by atoms with Gasteiger partial charge in [0.15, 0.2) is 0 Å². The Bertz CT molecular complexity index is 270. The van der Waals surface area contributed by atoms with Gasteiger partial charge >= 0.3 is 5.97 Å². The summed E-state index contributed by atoms with van der Waals surface area (Å²) >= 11 is 5.63. The number of hydrogen-bond acceptors (Lipinski definition) is 1. The number of carboxylic acid groups (broad SMARTS) is 1. The van der Waals surface area contributed by atoms with Crippen LogP contribution in [0.2, 0.25) is 0 Å². The number of allylic oxidation sites excluding steroid dienone is 3. The first kappa shape index (κ1) is 9.26. The van der Waals surface area contributed by atoms with Crippen molar-refractivity contribution < 1.29 is 14.3 Å². The third-order valence-corrected chi connectivity index (χ3v) is 2.16. The van der Waals surface area contributed by atoms with Gasteiger partial charge in [0.1, 0.15) is 12.1 Å². The number of alkyl halides is 1. The molecule has 66 valence electrons. The SMILES string of the molecule is CC1=CC(F)C(C(=O)O)C=C1Cl. The number of rotatable bonds is 1. The zero-order valence-electron chi connectivity index (χ0n) is 6.42. The van der Waals surface area contributed by atoms with E-state index in [9.17, 15) is 9.18 Å². The molecule has 2 atom stereocenters. The van der Waals surface area contributed by atoms with E-state index in [2.05, 4.69) is 0 Å². The largest absolute Gasteiger partial charge is 0.481 e. The highest BCUT2D eigenvalue weighted by Crippen LogP contribution is 2.27. The summed E-state index contributed by atoms with van der Waals surface area (Å²) in [6.45, 7) is 1.64. The van der Waals surface area contributed by atoms with Crippen molar-refractivity contribution in [2.45, 2.75) is 13.1 Å². The number of carbonyl (C=O) groups is 1. The molecule has 4 heteroatoms. The predicted molar refractivity (Wildman–Crippen MR) is 43.7 cm³/mol. The summed E-state index contributed by atoms with van der Waals surface area (Å²) in [7, 11) is 0. The fourth-order valence-corrected chi connectivity index (χ4v) is 1.21. The summed E-state index contributed by atoms with van der Waals surface area (Å²) in [6.07, 6.45) is 0.982. The Balaban J connectivity index is 2.91. The van der Waals surface area contributed by atoms with Gasteiger partial charge in [-0.3, -0.25) is 4.79 Å². The van der Waals surface area contributed by atoms with Gasteiger partial charge in [-0.25, -0.2) is 4.39 Å². The highest BCUT2D eigenvalue weighted by atomic mass is 35.5. The zero-order valence-corrected chi connectivity index (χ0v) is 7.18. The molecule has 2 nitrogen and oxygen atoms in total. The fraction of sp³-hybridized carbons (Fsp3) is 0.375. The van der Waals surface area contributed by atoms with Crippen LogP contribution in [0.1, 0.15) is 6.92 Å². The van der Waals surface area contributed by atoms with Gasteiger partial charge in [-0.2, -0.15) is 0 Å². The van der Waals surface area contributed by atoms with Crippen LogP contribution >= 0.6 is 11.6 Å². The summed E-state index contributed by atoms with van der Waals surface area (Å²) in [5, 5.41) is 8.86. The Hall–Kier alpha value is -0.830. The molecule has 0 aliphatic heterocycles. The number of carboxylic acids is 1. The van der Waals surface area contributed by atoms with E-state index in [-0.39, 0.29) is 0 Å². The standard InChI is InChI=1S/C8H8ClFO2/c1-4-2-7(10)5(8(11)12)3-6(4)9/h2-3,5,7H,1H3,(H,11,12). The molecule has 1 N–H and O–H groups in total. The lowest BCUT2D eigenvalue weighted by Gasteiger charge is -2.16. The highest BCUT2D eigenvalue weighted by Gasteiger charge is 2.28. The molecule has 1 aliphatic rings. The monoisotopic (exact) mass is 190 g/mol. The number of hydrogen-bond donors (Lipinski definition) is 1. The van der Waals surface area contributed by atoms with Gasteiger partial charge in [0.2, 0.25) is 0 Å². The Morgan fingerprint density at radius 1 is 1.67 bits per heavy atom. The normalized spacial score (nSPS) is 29.2. The Morgan fingerprint density at radius 3 is 2.75 bits per heavy atom. The molecule has 0 heterocycles. The van der Waals surface area contributed by atoms with E-state index in [1.807, 2.05) is 0 Å². The van der Waals surface area contributed by atoms with Crippen LogP contribution in [0, 0.1) is 5.92 Å². The van der Waals surface area contributed by atoms with Crippen molar-refractivity contribution >= 4 is 17.6 Å². The second-order valence-corrected chi connectivity index (χ2v) is 3.08. The second kappa shape index (κ2) is 3.27. The van der Waals surface area contributed by atoms with Crippen LogP contribution in [0.25, 0.3) is 0 Å². The summed E-state index contributed by atoms with van der Waals surface area (Å²) in [6, 6.07) is 0. The van der Waals surface area contributed by atoms with E-state index in [1.54, 1.807) is 6.92 Å². The highest BCUT2D eigenvalue weighted by molar-refractivity contribution is 6.32. The van der Waals surface area contributed by atoms with E-state index in [0.29, 0.717) is 10.6 Å². The first-order chi connectivity index (χ1) is 5.52. The molecule has 0 saturated carbocycles. The molecule has 0 aromatic rings. The summed E-state index contributed by atoms with van der Waals surface area (Å²) in [5.41, 5.74) is 0.585. The van der Waals surface area contributed by atoms with Gasteiger partial charge in [0.25, 0.3) is 0 Å². The van der Waals surface area contributed by atoms with Gasteiger partial charge in [0, 0.05) is 5.03 Å². The Labute approximate surface area is 74.3 Å². The molecule has 1 rings (SSSR count). The van der Waals surface area contributed by atoms with Gasteiger partial charge in [0.05, 0.1) is 0 Å². The van der Waals surface area contributed by atoms with Crippen LogP contribution in [0.3, 0.4) is 0 Å². The van der Waals surface area contributed by atoms with Crippen LogP contribution < -0.4 is 0 Å². The Morgan fingerprint density at radius 2 is 2.25 bits per heavy atom. The van der Waals surface area contributed by atoms with Crippen LogP contribution in [-0.2, 0) is 4.79 Å². The first-order valence-electron chi connectivity index (χ1n) is 3.45. The van der Waals surface area contributed by atoms with E-state index in [4.69, 9.17) is 16.7 Å². The van der Waals surface area contributed by atoms with E-state index in [0.717, 1.165) is 0 Å². The van der Waals surface area contributed by atoms with Crippen molar-refractivity contribution in [2.75, 3.05) is 0 Å². The quantitative estimate of drug-likeness (QED) is 0.688. The zero-order chi connectivity index (χ0) is 9.30. The van der Waals surface area contributed by atoms with Gasteiger partial charge in [-0.15, -0.1) is 0 Å². The van der Waals surface area contributed by atoms with Crippen molar-refractivity contribution in [3.05, 3.63) is 22.8 Å². The van der Waals surface area contributed by atoms with E-state index >= 15 is 0 Å². The number of halogens is 2. The molecule has 0 aromatic carbocycles. The van der Waals surface area contributed by atoms with Crippen LogP contribution in [-0.4, -0.2) is 17.2 Å². The first-order valence-corrected chi connectivity index (χ1v) is 3.83. The van der Waals surface area contributed by atoms with Crippen LogP contribution in [0.4, 0.5) is 4.39 Å². The summed E-state index contributed by atoms with van der Waals surface area (Å²) in [5.74, 6) is -2.33. The summed E-state index contributed by atoms with van der Waals surface area (Å²) < 4.78 is 13.0. The van der Waals surface area contributed by atoms with Crippen LogP contribution in [0.15, 0.2) is 22.8 Å². The molecule has 0 bridgehead atoms. The molecule has 0 saturated heterocycles. The van der Waals surface area contributed by atoms with Crippen molar-refractivity contribution in [3.8, 4) is 0 Å². The fourth-order valence-electron chi connectivity index (χ4n) is 1.01. The lowest BCUT2D eigenvalue weighted by Crippen LogP contribution is -2.24. The van der Waals surface area contributed by atoms with Gasteiger partial charge in [-0.1, -0.05) is 11.6 Å². The van der Waals surface area contributed by atoms with Crippen molar-refractivity contribution in [2.24, 2.45) is 5.92 Å². The molecular formula is C8H8ClFO2. The lowest BCUT2D eigenvalue weighted by molar-refractivity contribution is -0.141. The maximum absolute atomic E-state index is 13.0. The maximum atomic E-state index is 13.0. The average molecular weight is 191 g/mol. The smallest absolute Gasteiger partial charge is 0.313 e. The van der Waals surface area contributed by atoms with Crippen molar-refractivity contribution in [1.29, 1.82) is 0 Å². The van der Waals surface area contributed by atoms with Crippen molar-refractivity contribution in [3.63, 3.8) is 0 Å². The minimum atomic E-state index is -1.47. The van der Waals surface area contributed by atoms with E-state index < -0.39 is 18.1 Å². The maximum Gasteiger partial charge on any atom is 0.313 e. The van der Waals surface area contributed by atoms with Crippen molar-refractivity contribution in [1.82, 2.24) is 0 Å². The molecule has 0 spiro atoms. The van der Waals surface area contributed by atoms with Crippen LogP contribution in [0.5, 0.6) is 0 Å². The van der Waals surface area contributed by atoms with Gasteiger partial charge < -0.3 is 5.11 Å². The molecule has 2 unspecified atom stereocenters. The summed E-state index contributed by atoms with van der Waals surface area (Å²) in [4.78, 5) is 10.4. The minimum absolute atomic E-state index is 0.316. The average Bonchev–Trinajstić information content (AvgIpc) is 1.96. The number of aliphatic carboxylic acids is 1. The molecule has 0 fully saturated rings. The topological polar surface area (TPSA) is 37.3 Å². The third-order valence-electron chi connectivity index (χ3n) is 1.74.